The van der Waals surface area contributed by atoms with E-state index in [0.717, 1.165) is 44.0 Å². The van der Waals surface area contributed by atoms with Crippen molar-refractivity contribution >= 4 is 11.8 Å². The van der Waals surface area contributed by atoms with Crippen LogP contribution in [0.5, 0.6) is 0 Å². The zero-order valence-electron chi connectivity index (χ0n) is 13.4. The highest BCUT2D eigenvalue weighted by molar-refractivity contribution is 5.90. The average Bonchev–Trinajstić information content (AvgIpc) is 3.08. The van der Waals surface area contributed by atoms with Gasteiger partial charge in [-0.15, -0.1) is 0 Å². The maximum atomic E-state index is 11.6. The summed E-state index contributed by atoms with van der Waals surface area (Å²) in [5.41, 5.74) is 1.27. The number of aromatic nitrogens is 1. The molecule has 0 radical (unpaired) electrons. The summed E-state index contributed by atoms with van der Waals surface area (Å²) in [4.78, 5) is 18.5. The molecule has 0 aliphatic carbocycles. The van der Waals surface area contributed by atoms with Crippen LogP contribution in [0.15, 0.2) is 12.1 Å². The quantitative estimate of drug-likeness (QED) is 0.803. The molecule has 2 aliphatic heterocycles. The molecule has 0 N–H and O–H groups in total. The fourth-order valence-corrected chi connectivity index (χ4v) is 3.52. The first-order valence-electron chi connectivity index (χ1n) is 8.11. The monoisotopic (exact) mass is 304 g/mol. The molecule has 0 aromatic carbocycles. The normalized spacial score (nSPS) is 22.8. The average molecular weight is 304 g/mol. The number of nitrogens with zero attached hydrogens (tertiary/aromatic N) is 2. The lowest BCUT2D eigenvalue weighted by atomic mass is 9.90. The van der Waals surface area contributed by atoms with E-state index in [1.54, 1.807) is 0 Å². The van der Waals surface area contributed by atoms with Crippen molar-refractivity contribution in [2.75, 3.05) is 31.7 Å². The summed E-state index contributed by atoms with van der Waals surface area (Å²) in [6.45, 7) is 4.80. The molecular weight excluding hydrogens is 280 g/mol. The standard InChI is InChI=1S/C17H24N2O3/c1-12-14(17(20)21-2)5-6-16(18-12)19-9-7-13(8-10-19)15-4-3-11-22-15/h5-6,13,15H,3-4,7-11H2,1-2H3. The van der Waals surface area contributed by atoms with E-state index in [4.69, 9.17) is 9.47 Å². The Kier molecular flexibility index (Phi) is 4.62. The van der Waals surface area contributed by atoms with E-state index in [1.165, 1.54) is 20.0 Å². The molecule has 1 atom stereocenters. The third-order valence-electron chi connectivity index (χ3n) is 4.83. The molecule has 2 saturated heterocycles. The van der Waals surface area contributed by atoms with Crippen molar-refractivity contribution in [1.29, 1.82) is 0 Å². The van der Waals surface area contributed by atoms with Crippen LogP contribution in [0.25, 0.3) is 0 Å². The van der Waals surface area contributed by atoms with Crippen LogP contribution < -0.4 is 4.90 Å². The molecule has 0 spiro atoms. The predicted octanol–water partition coefficient (Wildman–Crippen LogP) is 2.57. The van der Waals surface area contributed by atoms with E-state index < -0.39 is 0 Å². The van der Waals surface area contributed by atoms with Gasteiger partial charge in [0.15, 0.2) is 0 Å². The van der Waals surface area contributed by atoms with Gasteiger partial charge in [-0.1, -0.05) is 0 Å². The number of ether oxygens (including phenoxy) is 2. The number of rotatable bonds is 3. The van der Waals surface area contributed by atoms with Crippen LogP contribution in [0.3, 0.4) is 0 Å². The van der Waals surface area contributed by atoms with Gasteiger partial charge in [0.05, 0.1) is 24.5 Å². The molecule has 22 heavy (non-hydrogen) atoms. The van der Waals surface area contributed by atoms with E-state index in [9.17, 15) is 4.79 Å². The molecule has 0 amide bonds. The smallest absolute Gasteiger partial charge is 0.339 e. The van der Waals surface area contributed by atoms with Crippen molar-refractivity contribution in [3.8, 4) is 0 Å². The Morgan fingerprint density at radius 2 is 2.09 bits per heavy atom. The summed E-state index contributed by atoms with van der Waals surface area (Å²) in [5, 5.41) is 0. The Labute approximate surface area is 131 Å². The van der Waals surface area contributed by atoms with Gasteiger partial charge in [0.1, 0.15) is 5.82 Å². The molecule has 1 aromatic rings. The van der Waals surface area contributed by atoms with Crippen LogP contribution in [-0.2, 0) is 9.47 Å². The molecule has 5 heteroatoms. The van der Waals surface area contributed by atoms with Crippen LogP contribution in [0.1, 0.15) is 41.7 Å². The predicted molar refractivity (Wildman–Crippen MR) is 84.2 cm³/mol. The Hall–Kier alpha value is -1.62. The van der Waals surface area contributed by atoms with Crippen LogP contribution in [0.4, 0.5) is 5.82 Å². The van der Waals surface area contributed by atoms with Gasteiger partial charge >= 0.3 is 5.97 Å². The van der Waals surface area contributed by atoms with E-state index in [-0.39, 0.29) is 5.97 Å². The molecule has 1 unspecified atom stereocenters. The number of anilines is 1. The third kappa shape index (κ3) is 3.09. The number of aryl methyl sites for hydroxylation is 1. The maximum Gasteiger partial charge on any atom is 0.339 e. The first-order chi connectivity index (χ1) is 10.7. The molecule has 3 heterocycles. The van der Waals surface area contributed by atoms with Crippen molar-refractivity contribution in [1.82, 2.24) is 4.98 Å². The highest BCUT2D eigenvalue weighted by atomic mass is 16.5. The fourth-order valence-electron chi connectivity index (χ4n) is 3.52. The molecule has 5 nitrogen and oxygen atoms in total. The topological polar surface area (TPSA) is 51.7 Å². The Balaban J connectivity index is 1.63. The molecule has 3 rings (SSSR count). The van der Waals surface area contributed by atoms with Crippen molar-refractivity contribution in [2.24, 2.45) is 5.92 Å². The number of carbonyl (C=O) groups excluding carboxylic acids is 1. The van der Waals surface area contributed by atoms with Gasteiger partial charge in [0, 0.05) is 19.7 Å². The zero-order chi connectivity index (χ0) is 15.5. The van der Waals surface area contributed by atoms with Gasteiger partial charge in [-0.2, -0.15) is 0 Å². The molecule has 0 bridgehead atoms. The van der Waals surface area contributed by atoms with E-state index in [0.29, 0.717) is 17.6 Å². The molecule has 0 saturated carbocycles. The number of carbonyl (C=O) groups is 1. The highest BCUT2D eigenvalue weighted by Crippen LogP contribution is 2.30. The number of piperidine rings is 1. The summed E-state index contributed by atoms with van der Waals surface area (Å²) in [6, 6.07) is 3.74. The lowest BCUT2D eigenvalue weighted by Gasteiger charge is -2.35. The SMILES string of the molecule is COC(=O)c1ccc(N2CCC(C3CCCO3)CC2)nc1C. The minimum Gasteiger partial charge on any atom is -0.465 e. The Bertz CT molecular complexity index is 533. The summed E-state index contributed by atoms with van der Waals surface area (Å²) in [6.07, 6.45) is 5.21. The van der Waals surface area contributed by atoms with Crippen molar-refractivity contribution in [3.05, 3.63) is 23.4 Å². The summed E-state index contributed by atoms with van der Waals surface area (Å²) in [5.74, 6) is 1.32. The summed E-state index contributed by atoms with van der Waals surface area (Å²) < 4.78 is 10.6. The van der Waals surface area contributed by atoms with Gasteiger partial charge in [-0.3, -0.25) is 0 Å². The minimum atomic E-state index is -0.325. The first kappa shape index (κ1) is 15.3. The number of esters is 1. The van der Waals surface area contributed by atoms with E-state index in [2.05, 4.69) is 9.88 Å². The Morgan fingerprint density at radius 1 is 1.32 bits per heavy atom. The number of pyridine rings is 1. The second-order valence-corrected chi connectivity index (χ2v) is 6.17. The number of methoxy groups -OCH3 is 1. The fraction of sp³-hybridized carbons (Fsp3) is 0.647. The summed E-state index contributed by atoms with van der Waals surface area (Å²) in [7, 11) is 1.39. The largest absolute Gasteiger partial charge is 0.465 e. The zero-order valence-corrected chi connectivity index (χ0v) is 13.4. The maximum absolute atomic E-state index is 11.6. The van der Waals surface area contributed by atoms with Crippen LogP contribution in [0, 0.1) is 12.8 Å². The van der Waals surface area contributed by atoms with Gasteiger partial charge < -0.3 is 14.4 Å². The lowest BCUT2D eigenvalue weighted by Crippen LogP contribution is -2.38. The summed E-state index contributed by atoms with van der Waals surface area (Å²) >= 11 is 0. The van der Waals surface area contributed by atoms with Gasteiger partial charge in [-0.05, 0) is 50.7 Å². The molecule has 120 valence electrons. The van der Waals surface area contributed by atoms with Crippen LogP contribution in [0.2, 0.25) is 0 Å². The van der Waals surface area contributed by atoms with Crippen molar-refractivity contribution in [3.63, 3.8) is 0 Å². The van der Waals surface area contributed by atoms with Crippen molar-refractivity contribution < 1.29 is 14.3 Å². The molecule has 2 aliphatic rings. The van der Waals surface area contributed by atoms with Gasteiger partial charge in [0.2, 0.25) is 0 Å². The van der Waals surface area contributed by atoms with Crippen LogP contribution in [-0.4, -0.2) is 43.9 Å². The second kappa shape index (κ2) is 6.65. The molecule has 2 fully saturated rings. The highest BCUT2D eigenvalue weighted by Gasteiger charge is 2.29. The van der Waals surface area contributed by atoms with E-state index >= 15 is 0 Å². The van der Waals surface area contributed by atoms with Crippen molar-refractivity contribution in [2.45, 2.75) is 38.7 Å². The molecule has 1 aromatic heterocycles. The minimum absolute atomic E-state index is 0.325. The van der Waals surface area contributed by atoms with E-state index in [1.807, 2.05) is 19.1 Å². The first-order valence-corrected chi connectivity index (χ1v) is 8.11. The van der Waals surface area contributed by atoms with Crippen LogP contribution >= 0.6 is 0 Å². The Morgan fingerprint density at radius 3 is 2.68 bits per heavy atom. The van der Waals surface area contributed by atoms with Gasteiger partial charge in [0.25, 0.3) is 0 Å². The number of hydrogen-bond donors (Lipinski definition) is 0. The lowest BCUT2D eigenvalue weighted by molar-refractivity contribution is 0.0530. The third-order valence-corrected chi connectivity index (χ3v) is 4.83. The number of hydrogen-bond acceptors (Lipinski definition) is 5. The second-order valence-electron chi connectivity index (χ2n) is 6.17. The van der Waals surface area contributed by atoms with Gasteiger partial charge in [-0.25, -0.2) is 9.78 Å². The molecular formula is C17H24N2O3.